The van der Waals surface area contributed by atoms with Crippen LogP contribution in [0.3, 0.4) is 0 Å². The summed E-state index contributed by atoms with van der Waals surface area (Å²) in [5, 5.41) is 10.4. The van der Waals surface area contributed by atoms with Crippen LogP contribution in [0.2, 0.25) is 5.02 Å². The zero-order chi connectivity index (χ0) is 14.2. The maximum Gasteiger partial charge on any atom is 0.346 e. The molecule has 1 N–H and O–H groups in total. The molecule has 0 saturated heterocycles. The molecule has 1 aromatic rings. The number of aliphatic hydroxyl groups is 1. The lowest BCUT2D eigenvalue weighted by atomic mass is 10.0. The molecule has 0 bridgehead atoms. The fourth-order valence-corrected chi connectivity index (χ4v) is 2.19. The lowest BCUT2D eigenvalue weighted by Gasteiger charge is -2.25. The van der Waals surface area contributed by atoms with Crippen LogP contribution in [-0.2, 0) is 15.3 Å². The Labute approximate surface area is 114 Å². The number of benzene rings is 1. The van der Waals surface area contributed by atoms with Crippen molar-refractivity contribution < 1.29 is 28.8 Å². The highest BCUT2D eigenvalue weighted by Crippen LogP contribution is 2.48. The van der Waals surface area contributed by atoms with E-state index in [9.17, 15) is 9.90 Å². The van der Waals surface area contributed by atoms with Gasteiger partial charge in [-0.1, -0.05) is 11.6 Å². The van der Waals surface area contributed by atoms with Crippen molar-refractivity contribution >= 4 is 17.6 Å². The monoisotopic (exact) mass is 288 g/mol. The van der Waals surface area contributed by atoms with E-state index >= 15 is 0 Å². The van der Waals surface area contributed by atoms with Gasteiger partial charge in [-0.25, -0.2) is 4.79 Å². The van der Waals surface area contributed by atoms with Gasteiger partial charge < -0.3 is 24.1 Å². The molecule has 104 valence electrons. The third-order valence-corrected chi connectivity index (χ3v) is 3.06. The molecule has 6 nitrogen and oxygen atoms in total. The predicted octanol–water partition coefficient (Wildman–Crippen LogP) is 1.46. The first kappa shape index (κ1) is 13.8. The van der Waals surface area contributed by atoms with Crippen LogP contribution in [0.25, 0.3) is 0 Å². The van der Waals surface area contributed by atoms with Crippen LogP contribution in [0, 0.1) is 0 Å². The maximum absolute atomic E-state index is 11.4. The van der Waals surface area contributed by atoms with Gasteiger partial charge in [-0.05, 0) is 0 Å². The summed E-state index contributed by atoms with van der Waals surface area (Å²) in [6, 6.07) is 1.48. The minimum atomic E-state index is -1.90. The van der Waals surface area contributed by atoms with Crippen LogP contribution in [-0.4, -0.2) is 31.9 Å². The van der Waals surface area contributed by atoms with Crippen molar-refractivity contribution in [2.75, 3.05) is 20.8 Å². The Morgan fingerprint density at radius 1 is 1.37 bits per heavy atom. The molecule has 0 fully saturated rings. The van der Waals surface area contributed by atoms with Gasteiger partial charge in [0.25, 0.3) is 0 Å². The van der Waals surface area contributed by atoms with E-state index in [0.29, 0.717) is 5.75 Å². The quantitative estimate of drug-likeness (QED) is 0.831. The van der Waals surface area contributed by atoms with Crippen LogP contribution in [0.1, 0.15) is 12.5 Å². The number of rotatable bonds is 2. The predicted molar refractivity (Wildman–Crippen MR) is 65.7 cm³/mol. The molecular formula is C12H13ClO6. The number of carbonyl (C=O) groups excluding carboxylic acids is 1. The highest BCUT2D eigenvalue weighted by atomic mass is 35.5. The molecule has 0 saturated carbocycles. The summed E-state index contributed by atoms with van der Waals surface area (Å²) in [6.45, 7) is 0.947. The van der Waals surface area contributed by atoms with Gasteiger partial charge in [-0.15, -0.1) is 0 Å². The van der Waals surface area contributed by atoms with Crippen molar-refractivity contribution in [1.82, 2.24) is 0 Å². The van der Waals surface area contributed by atoms with Crippen molar-refractivity contribution in [3.05, 3.63) is 16.7 Å². The Morgan fingerprint density at radius 2 is 2.00 bits per heavy atom. The highest BCUT2D eigenvalue weighted by Gasteiger charge is 2.40. The SMILES string of the molecule is COc1cc(OC)c2c(c1Cl)OCC(=O)O[C@]2(C)O. The third kappa shape index (κ3) is 2.29. The summed E-state index contributed by atoms with van der Waals surface area (Å²) in [4.78, 5) is 11.4. The number of hydrogen-bond acceptors (Lipinski definition) is 6. The third-order valence-electron chi connectivity index (χ3n) is 2.70. The zero-order valence-corrected chi connectivity index (χ0v) is 11.4. The van der Waals surface area contributed by atoms with Crippen LogP contribution in [0.4, 0.5) is 0 Å². The molecule has 0 radical (unpaired) electrons. The van der Waals surface area contributed by atoms with E-state index in [1.165, 1.54) is 27.2 Å². The van der Waals surface area contributed by atoms with E-state index in [1.807, 2.05) is 0 Å². The van der Waals surface area contributed by atoms with Crippen LogP contribution < -0.4 is 14.2 Å². The second kappa shape index (κ2) is 4.79. The molecule has 0 spiro atoms. The molecule has 0 amide bonds. The van der Waals surface area contributed by atoms with E-state index in [2.05, 4.69) is 0 Å². The van der Waals surface area contributed by atoms with E-state index in [0.717, 1.165) is 0 Å². The maximum atomic E-state index is 11.4. The Hall–Kier alpha value is -1.66. The summed E-state index contributed by atoms with van der Waals surface area (Å²) < 4.78 is 20.5. The Balaban J connectivity index is 2.73. The fourth-order valence-electron chi connectivity index (χ4n) is 1.91. The van der Waals surface area contributed by atoms with Gasteiger partial charge in [0.1, 0.15) is 22.1 Å². The summed E-state index contributed by atoms with van der Waals surface area (Å²) >= 11 is 6.12. The number of esters is 1. The molecule has 7 heteroatoms. The molecule has 2 rings (SSSR count). The van der Waals surface area contributed by atoms with Crippen molar-refractivity contribution in [2.24, 2.45) is 0 Å². The lowest BCUT2D eigenvalue weighted by Crippen LogP contribution is -2.28. The van der Waals surface area contributed by atoms with Crippen molar-refractivity contribution in [2.45, 2.75) is 12.7 Å². The number of cyclic esters (lactones) is 1. The van der Waals surface area contributed by atoms with Gasteiger partial charge in [0, 0.05) is 13.0 Å². The van der Waals surface area contributed by atoms with Gasteiger partial charge in [-0.3, -0.25) is 0 Å². The molecule has 1 aliphatic heterocycles. The number of methoxy groups -OCH3 is 2. The lowest BCUT2D eigenvalue weighted by molar-refractivity contribution is -0.205. The molecular weight excluding hydrogens is 276 g/mol. The van der Waals surface area contributed by atoms with Crippen molar-refractivity contribution in [3.8, 4) is 17.2 Å². The largest absolute Gasteiger partial charge is 0.496 e. The van der Waals surface area contributed by atoms with Gasteiger partial charge in [0.15, 0.2) is 12.4 Å². The minimum Gasteiger partial charge on any atom is -0.496 e. The molecule has 0 aromatic heterocycles. The molecule has 0 aliphatic carbocycles. The first-order chi connectivity index (χ1) is 8.90. The Bertz CT molecular complexity index is 525. The number of hydrogen-bond donors (Lipinski definition) is 1. The molecule has 1 atom stereocenters. The number of fused-ring (bicyclic) bond motifs is 1. The summed E-state index contributed by atoms with van der Waals surface area (Å²) in [5.74, 6) is -1.95. The van der Waals surface area contributed by atoms with E-state index in [-0.39, 0.29) is 28.7 Å². The second-order valence-corrected chi connectivity index (χ2v) is 4.42. The topological polar surface area (TPSA) is 74.2 Å². The molecule has 1 aromatic carbocycles. The molecule has 1 heterocycles. The van der Waals surface area contributed by atoms with E-state index in [1.54, 1.807) is 0 Å². The minimum absolute atomic E-state index is 0.105. The molecule has 0 unspecified atom stereocenters. The number of carbonyl (C=O) groups is 1. The first-order valence-electron chi connectivity index (χ1n) is 5.42. The van der Waals surface area contributed by atoms with Gasteiger partial charge >= 0.3 is 5.97 Å². The van der Waals surface area contributed by atoms with Gasteiger partial charge in [-0.2, -0.15) is 0 Å². The van der Waals surface area contributed by atoms with E-state index < -0.39 is 11.8 Å². The van der Waals surface area contributed by atoms with Crippen molar-refractivity contribution in [3.63, 3.8) is 0 Å². The average Bonchev–Trinajstić information content (AvgIpc) is 2.47. The summed E-state index contributed by atoms with van der Waals surface area (Å²) in [6.07, 6.45) is 0. The molecule has 1 aliphatic rings. The van der Waals surface area contributed by atoms with Gasteiger partial charge in [0.2, 0.25) is 5.79 Å². The van der Waals surface area contributed by atoms with Crippen molar-refractivity contribution in [1.29, 1.82) is 0 Å². The summed E-state index contributed by atoms with van der Waals surface area (Å²) in [5.41, 5.74) is 0.145. The second-order valence-electron chi connectivity index (χ2n) is 4.04. The standard InChI is InChI=1S/C12H13ClO6/c1-12(15)9-6(16-2)4-7(17-3)10(13)11(9)18-5-8(14)19-12/h4,15H,5H2,1-3H3/t12-/m0/s1. The smallest absolute Gasteiger partial charge is 0.346 e. The van der Waals surface area contributed by atoms with Crippen LogP contribution in [0.5, 0.6) is 17.2 Å². The fraction of sp³-hybridized carbons (Fsp3) is 0.417. The average molecular weight is 289 g/mol. The van der Waals surface area contributed by atoms with Gasteiger partial charge in [0.05, 0.1) is 14.2 Å². The van der Waals surface area contributed by atoms with Crippen LogP contribution >= 0.6 is 11.6 Å². The molecule has 19 heavy (non-hydrogen) atoms. The van der Waals surface area contributed by atoms with E-state index in [4.69, 9.17) is 30.5 Å². The highest BCUT2D eigenvalue weighted by molar-refractivity contribution is 6.33. The zero-order valence-electron chi connectivity index (χ0n) is 10.7. The van der Waals surface area contributed by atoms with Crippen LogP contribution in [0.15, 0.2) is 6.07 Å². The first-order valence-corrected chi connectivity index (χ1v) is 5.80. The normalized spacial score (nSPS) is 21.8. The Kier molecular flexibility index (Phi) is 3.47. The number of halogens is 1. The Morgan fingerprint density at radius 3 is 2.58 bits per heavy atom. The number of ether oxygens (including phenoxy) is 4. The summed E-state index contributed by atoms with van der Waals surface area (Å²) in [7, 11) is 2.84.